The second-order valence-electron chi connectivity index (χ2n) is 6.04. The van der Waals surface area contributed by atoms with Crippen LogP contribution in [0.2, 0.25) is 0 Å². The zero-order valence-corrected chi connectivity index (χ0v) is 14.8. The van der Waals surface area contributed by atoms with Gasteiger partial charge in [-0.15, -0.1) is 0 Å². The van der Waals surface area contributed by atoms with Crippen molar-refractivity contribution in [2.75, 3.05) is 0 Å². The second-order valence-corrected chi connectivity index (χ2v) is 6.04. The molecule has 25 heavy (non-hydrogen) atoms. The van der Waals surface area contributed by atoms with E-state index in [9.17, 15) is 4.79 Å². The monoisotopic (exact) mass is 334 g/mol. The smallest absolute Gasteiger partial charge is 0.244 e. The predicted molar refractivity (Wildman–Crippen MR) is 105 cm³/mol. The molecule has 0 atom stereocenters. The highest BCUT2D eigenvalue weighted by Crippen LogP contribution is 2.12. The fraction of sp³-hybridized carbons (Fsp3) is 0.273. The van der Waals surface area contributed by atoms with E-state index in [4.69, 9.17) is 0 Å². The lowest BCUT2D eigenvalue weighted by molar-refractivity contribution is -0.120. The molecule has 2 rings (SSSR count). The molecule has 130 valence electrons. The summed E-state index contributed by atoms with van der Waals surface area (Å²) in [5, 5.41) is 4.15. The van der Waals surface area contributed by atoms with E-state index in [-0.39, 0.29) is 5.91 Å². The number of hydrogen-bond acceptors (Lipinski definition) is 2. The Bertz CT molecular complexity index is 690. The number of nitrogens with zero attached hydrogens (tertiary/aromatic N) is 1. The molecule has 3 nitrogen and oxygen atoms in total. The van der Waals surface area contributed by atoms with Crippen molar-refractivity contribution in [3.8, 4) is 0 Å². The number of rotatable bonds is 9. The van der Waals surface area contributed by atoms with E-state index in [2.05, 4.69) is 35.7 Å². The molecule has 1 N–H and O–H groups in total. The van der Waals surface area contributed by atoms with Crippen molar-refractivity contribution in [1.82, 2.24) is 5.43 Å². The van der Waals surface area contributed by atoms with Crippen molar-refractivity contribution >= 4 is 18.2 Å². The summed E-state index contributed by atoms with van der Waals surface area (Å²) in [6.07, 6.45) is 8.70. The fourth-order valence-electron chi connectivity index (χ4n) is 2.52. The fourth-order valence-corrected chi connectivity index (χ4v) is 2.52. The van der Waals surface area contributed by atoms with Gasteiger partial charge in [-0.3, -0.25) is 4.79 Å². The van der Waals surface area contributed by atoms with Gasteiger partial charge in [0, 0.05) is 0 Å². The first kappa shape index (κ1) is 18.7. The Kier molecular flexibility index (Phi) is 8.19. The summed E-state index contributed by atoms with van der Waals surface area (Å²) in [6, 6.07) is 19.9. The van der Waals surface area contributed by atoms with Crippen LogP contribution in [0.1, 0.15) is 43.7 Å². The lowest BCUT2D eigenvalue weighted by Gasteiger charge is -2.03. The molecule has 0 spiro atoms. The molecule has 0 fully saturated rings. The Labute approximate surface area is 150 Å². The van der Waals surface area contributed by atoms with Gasteiger partial charge in [0.1, 0.15) is 0 Å². The first-order valence-electron chi connectivity index (χ1n) is 8.89. The van der Waals surface area contributed by atoms with Gasteiger partial charge < -0.3 is 0 Å². The third kappa shape index (κ3) is 7.62. The van der Waals surface area contributed by atoms with Crippen LogP contribution in [-0.2, 0) is 11.2 Å². The molecule has 0 bridgehead atoms. The van der Waals surface area contributed by atoms with E-state index in [0.717, 1.165) is 29.5 Å². The number of unbranched alkanes of at least 4 members (excludes halogenated alkanes) is 2. The summed E-state index contributed by atoms with van der Waals surface area (Å²) in [7, 11) is 0. The highest BCUT2D eigenvalue weighted by atomic mass is 16.2. The van der Waals surface area contributed by atoms with Gasteiger partial charge in [0.05, 0.1) is 12.6 Å². The SMILES string of the molecule is CCCCCC(/C=N\NC(=O)Cc1ccccc1)=C\c1ccccc1. The number of carbonyl (C=O) groups is 1. The molecule has 0 radical (unpaired) electrons. The van der Waals surface area contributed by atoms with Crippen LogP contribution in [0.5, 0.6) is 0 Å². The summed E-state index contributed by atoms with van der Waals surface area (Å²) in [5.74, 6) is -0.102. The maximum atomic E-state index is 12.0. The Morgan fingerprint density at radius 2 is 1.68 bits per heavy atom. The molecule has 0 saturated heterocycles. The summed E-state index contributed by atoms with van der Waals surface area (Å²) in [4.78, 5) is 12.0. The molecule has 0 saturated carbocycles. The number of amides is 1. The van der Waals surface area contributed by atoms with Crippen molar-refractivity contribution in [2.24, 2.45) is 5.10 Å². The topological polar surface area (TPSA) is 41.5 Å². The average molecular weight is 334 g/mol. The first-order valence-corrected chi connectivity index (χ1v) is 8.89. The maximum Gasteiger partial charge on any atom is 0.244 e. The summed E-state index contributed by atoms with van der Waals surface area (Å²) in [5.41, 5.74) is 5.89. The number of allylic oxidation sites excluding steroid dienone is 1. The van der Waals surface area contributed by atoms with Gasteiger partial charge >= 0.3 is 0 Å². The quantitative estimate of drug-likeness (QED) is 0.391. The molecular formula is C22H26N2O. The van der Waals surface area contributed by atoms with Crippen molar-refractivity contribution < 1.29 is 4.79 Å². The summed E-state index contributed by atoms with van der Waals surface area (Å²) in [6.45, 7) is 2.19. The Hall–Kier alpha value is -2.68. The van der Waals surface area contributed by atoms with Crippen LogP contribution in [0, 0.1) is 0 Å². The van der Waals surface area contributed by atoms with Crippen molar-refractivity contribution in [2.45, 2.75) is 39.0 Å². The Balaban J connectivity index is 1.94. The van der Waals surface area contributed by atoms with Crippen molar-refractivity contribution in [3.05, 3.63) is 77.4 Å². The van der Waals surface area contributed by atoms with Crippen LogP contribution < -0.4 is 5.43 Å². The Morgan fingerprint density at radius 1 is 1.00 bits per heavy atom. The third-order valence-electron chi connectivity index (χ3n) is 3.85. The molecule has 0 aromatic heterocycles. The largest absolute Gasteiger partial charge is 0.273 e. The molecule has 3 heteroatoms. The highest BCUT2D eigenvalue weighted by molar-refractivity contribution is 5.87. The van der Waals surface area contributed by atoms with E-state index in [1.807, 2.05) is 48.5 Å². The van der Waals surface area contributed by atoms with Crippen LogP contribution in [-0.4, -0.2) is 12.1 Å². The summed E-state index contributed by atoms with van der Waals surface area (Å²) >= 11 is 0. The number of hydrazone groups is 1. The van der Waals surface area contributed by atoms with Crippen LogP contribution in [0.15, 0.2) is 71.3 Å². The predicted octanol–water partition coefficient (Wildman–Crippen LogP) is 5.00. The molecule has 0 unspecified atom stereocenters. The standard InChI is InChI=1S/C22H26N2O/c1-2-3-6-15-21(16-19-11-7-4-8-12-19)18-23-24-22(25)17-20-13-9-5-10-14-20/h4-5,7-14,16,18H,2-3,6,15,17H2,1H3,(H,24,25)/b21-16+,23-18-. The molecule has 0 heterocycles. The minimum atomic E-state index is -0.102. The lowest BCUT2D eigenvalue weighted by atomic mass is 10.1. The van der Waals surface area contributed by atoms with Gasteiger partial charge in [0.2, 0.25) is 5.91 Å². The van der Waals surface area contributed by atoms with Gasteiger partial charge in [-0.2, -0.15) is 5.10 Å². The zero-order valence-electron chi connectivity index (χ0n) is 14.8. The van der Waals surface area contributed by atoms with Crippen molar-refractivity contribution in [3.63, 3.8) is 0 Å². The zero-order chi connectivity index (χ0) is 17.7. The van der Waals surface area contributed by atoms with E-state index < -0.39 is 0 Å². The molecule has 2 aromatic carbocycles. The number of nitrogens with one attached hydrogen (secondary N) is 1. The van der Waals surface area contributed by atoms with Crippen LogP contribution in [0.4, 0.5) is 0 Å². The molecule has 2 aromatic rings. The normalized spacial score (nSPS) is 11.6. The van der Waals surface area contributed by atoms with Crippen LogP contribution in [0.3, 0.4) is 0 Å². The first-order chi connectivity index (χ1) is 12.3. The van der Waals surface area contributed by atoms with Crippen LogP contribution in [0.25, 0.3) is 6.08 Å². The molecule has 1 amide bonds. The van der Waals surface area contributed by atoms with Gasteiger partial charge in [0.15, 0.2) is 0 Å². The average Bonchev–Trinajstić information content (AvgIpc) is 2.63. The van der Waals surface area contributed by atoms with Gasteiger partial charge in [-0.25, -0.2) is 5.43 Å². The summed E-state index contributed by atoms with van der Waals surface area (Å²) < 4.78 is 0. The highest BCUT2D eigenvalue weighted by Gasteiger charge is 2.01. The molecule has 0 aliphatic heterocycles. The van der Waals surface area contributed by atoms with E-state index in [1.54, 1.807) is 6.21 Å². The molecular weight excluding hydrogens is 308 g/mol. The number of benzene rings is 2. The molecule has 0 aliphatic rings. The van der Waals surface area contributed by atoms with Crippen LogP contribution >= 0.6 is 0 Å². The second kappa shape index (κ2) is 11.0. The van der Waals surface area contributed by atoms with E-state index in [1.165, 1.54) is 12.8 Å². The van der Waals surface area contributed by atoms with Gasteiger partial charge in [0.25, 0.3) is 0 Å². The number of carbonyl (C=O) groups excluding carboxylic acids is 1. The minimum Gasteiger partial charge on any atom is -0.273 e. The van der Waals surface area contributed by atoms with Gasteiger partial charge in [-0.05, 0) is 29.5 Å². The van der Waals surface area contributed by atoms with Crippen molar-refractivity contribution in [1.29, 1.82) is 0 Å². The minimum absolute atomic E-state index is 0.102. The lowest BCUT2D eigenvalue weighted by Crippen LogP contribution is -2.19. The Morgan fingerprint density at radius 3 is 2.36 bits per heavy atom. The van der Waals surface area contributed by atoms with E-state index in [0.29, 0.717) is 6.42 Å². The number of hydrogen-bond donors (Lipinski definition) is 1. The maximum absolute atomic E-state index is 12.0. The molecule has 0 aliphatic carbocycles. The van der Waals surface area contributed by atoms with Gasteiger partial charge in [-0.1, -0.05) is 86.5 Å². The third-order valence-corrected chi connectivity index (χ3v) is 3.85. The van der Waals surface area contributed by atoms with E-state index >= 15 is 0 Å².